The summed E-state index contributed by atoms with van der Waals surface area (Å²) in [5.41, 5.74) is 1.42. The predicted octanol–water partition coefficient (Wildman–Crippen LogP) is 2.09. The third kappa shape index (κ3) is 4.50. The largest absolute Gasteiger partial charge is 0.392 e. The summed E-state index contributed by atoms with van der Waals surface area (Å²) in [4.78, 5) is 25.4. The molecule has 1 fully saturated rings. The van der Waals surface area contributed by atoms with Gasteiger partial charge in [0.05, 0.1) is 11.0 Å². The highest BCUT2D eigenvalue weighted by Gasteiger charge is 2.28. The Bertz CT molecular complexity index is 835. The van der Waals surface area contributed by atoms with E-state index in [2.05, 4.69) is 20.4 Å². The molecular weight excluding hydrogens is 350 g/mol. The first-order valence-corrected chi connectivity index (χ1v) is 9.00. The summed E-state index contributed by atoms with van der Waals surface area (Å²) in [7, 11) is 0. The van der Waals surface area contributed by atoms with E-state index in [0.717, 1.165) is 18.5 Å². The molecule has 1 aromatic heterocycles. The van der Waals surface area contributed by atoms with E-state index in [9.17, 15) is 20.0 Å². The number of β-amino-alcohol motifs (C(OH)–C–C–N with tert-alkyl or cyclic N) is 1. The molecule has 0 spiro atoms. The van der Waals surface area contributed by atoms with Crippen LogP contribution in [-0.4, -0.2) is 50.2 Å². The lowest BCUT2D eigenvalue weighted by Gasteiger charge is -2.15. The Labute approximate surface area is 156 Å². The van der Waals surface area contributed by atoms with Crippen molar-refractivity contribution in [2.24, 2.45) is 0 Å². The number of aromatic nitrogens is 2. The lowest BCUT2D eigenvalue weighted by Crippen LogP contribution is -2.21. The number of amides is 1. The zero-order valence-corrected chi connectivity index (χ0v) is 15.1. The van der Waals surface area contributed by atoms with Crippen molar-refractivity contribution in [1.29, 1.82) is 0 Å². The Morgan fingerprint density at radius 2 is 2.33 bits per heavy atom. The van der Waals surface area contributed by atoms with Crippen molar-refractivity contribution in [2.45, 2.75) is 38.8 Å². The molecule has 1 saturated heterocycles. The first-order valence-electron chi connectivity index (χ1n) is 9.00. The van der Waals surface area contributed by atoms with Crippen molar-refractivity contribution in [3.8, 4) is 0 Å². The van der Waals surface area contributed by atoms with Crippen LogP contribution in [0, 0.1) is 10.1 Å². The summed E-state index contributed by atoms with van der Waals surface area (Å²) in [6, 6.07) is 7.31. The van der Waals surface area contributed by atoms with Crippen molar-refractivity contribution in [1.82, 2.24) is 15.1 Å². The average molecular weight is 373 g/mol. The van der Waals surface area contributed by atoms with Crippen molar-refractivity contribution in [3.05, 3.63) is 51.3 Å². The number of hydrogen-bond acceptors (Lipinski definition) is 6. The maximum atomic E-state index is 12.5. The minimum absolute atomic E-state index is 0.212. The van der Waals surface area contributed by atoms with Gasteiger partial charge in [-0.3, -0.25) is 24.9 Å². The second-order valence-electron chi connectivity index (χ2n) is 6.74. The third-order valence-corrected chi connectivity index (χ3v) is 4.55. The zero-order chi connectivity index (χ0) is 19.4. The van der Waals surface area contributed by atoms with Crippen LogP contribution in [0.1, 0.15) is 41.5 Å². The highest BCUT2D eigenvalue weighted by Crippen LogP contribution is 2.24. The van der Waals surface area contributed by atoms with Crippen LogP contribution >= 0.6 is 0 Å². The van der Waals surface area contributed by atoms with Gasteiger partial charge < -0.3 is 10.4 Å². The van der Waals surface area contributed by atoms with Gasteiger partial charge in [0.1, 0.15) is 5.69 Å². The molecule has 1 unspecified atom stereocenters. The first-order chi connectivity index (χ1) is 13.0. The SMILES string of the molecule is CCCc1[nH]nc(C(=O)Nc2cccc(CN3CCC(O)C3)c2)c1[N+](=O)[O-]. The normalized spacial score (nSPS) is 17.2. The molecule has 0 radical (unpaired) electrons. The molecule has 1 aliphatic heterocycles. The van der Waals surface area contributed by atoms with Crippen molar-refractivity contribution in [3.63, 3.8) is 0 Å². The van der Waals surface area contributed by atoms with E-state index < -0.39 is 10.8 Å². The van der Waals surface area contributed by atoms with Gasteiger partial charge in [-0.05, 0) is 30.5 Å². The molecule has 0 saturated carbocycles. The van der Waals surface area contributed by atoms with Crippen LogP contribution in [0.5, 0.6) is 0 Å². The number of H-pyrrole nitrogens is 1. The number of aromatic amines is 1. The fourth-order valence-electron chi connectivity index (χ4n) is 3.30. The van der Waals surface area contributed by atoms with Crippen LogP contribution in [0.15, 0.2) is 24.3 Å². The minimum Gasteiger partial charge on any atom is -0.392 e. The molecule has 9 nitrogen and oxygen atoms in total. The summed E-state index contributed by atoms with van der Waals surface area (Å²) in [6.45, 7) is 4.03. The molecule has 144 valence electrons. The number of nitrogens with zero attached hydrogens (tertiary/aromatic N) is 3. The molecule has 0 aliphatic carbocycles. The van der Waals surface area contributed by atoms with Gasteiger partial charge in [-0.25, -0.2) is 0 Å². The Kier molecular flexibility index (Phi) is 5.82. The van der Waals surface area contributed by atoms with Gasteiger partial charge in [0.25, 0.3) is 5.91 Å². The number of rotatable bonds is 7. The van der Waals surface area contributed by atoms with Gasteiger partial charge in [-0.15, -0.1) is 0 Å². The highest BCUT2D eigenvalue weighted by atomic mass is 16.6. The number of aryl methyl sites for hydroxylation is 1. The molecule has 2 heterocycles. The van der Waals surface area contributed by atoms with Crippen LogP contribution < -0.4 is 5.32 Å². The molecule has 1 atom stereocenters. The zero-order valence-electron chi connectivity index (χ0n) is 15.1. The van der Waals surface area contributed by atoms with Crippen LogP contribution in [0.3, 0.4) is 0 Å². The van der Waals surface area contributed by atoms with Gasteiger partial charge in [-0.2, -0.15) is 5.10 Å². The number of carbonyl (C=O) groups excluding carboxylic acids is 1. The van der Waals surface area contributed by atoms with Crippen LogP contribution in [-0.2, 0) is 13.0 Å². The molecule has 1 aliphatic rings. The van der Waals surface area contributed by atoms with Gasteiger partial charge in [-0.1, -0.05) is 25.5 Å². The number of nitro groups is 1. The van der Waals surface area contributed by atoms with Gasteiger partial charge >= 0.3 is 5.69 Å². The fourth-order valence-corrected chi connectivity index (χ4v) is 3.30. The summed E-state index contributed by atoms with van der Waals surface area (Å²) < 4.78 is 0. The van der Waals surface area contributed by atoms with E-state index in [-0.39, 0.29) is 17.5 Å². The van der Waals surface area contributed by atoms with Crippen molar-refractivity contribution in [2.75, 3.05) is 18.4 Å². The summed E-state index contributed by atoms with van der Waals surface area (Å²) >= 11 is 0. The van der Waals surface area contributed by atoms with E-state index in [1.807, 2.05) is 25.1 Å². The average Bonchev–Trinajstić information content (AvgIpc) is 3.22. The van der Waals surface area contributed by atoms with E-state index in [1.54, 1.807) is 6.07 Å². The van der Waals surface area contributed by atoms with Crippen LogP contribution in [0.2, 0.25) is 0 Å². The number of aliphatic hydroxyl groups is 1. The number of aliphatic hydroxyl groups excluding tert-OH is 1. The Balaban J connectivity index is 1.73. The van der Waals surface area contributed by atoms with E-state index in [1.165, 1.54) is 0 Å². The highest BCUT2D eigenvalue weighted by molar-refractivity contribution is 6.05. The molecule has 3 N–H and O–H groups in total. The Morgan fingerprint density at radius 3 is 3.00 bits per heavy atom. The molecule has 0 bridgehead atoms. The van der Waals surface area contributed by atoms with Gasteiger partial charge in [0.2, 0.25) is 5.69 Å². The summed E-state index contributed by atoms with van der Waals surface area (Å²) in [6.07, 6.45) is 1.63. The summed E-state index contributed by atoms with van der Waals surface area (Å²) in [5.74, 6) is -0.617. The number of benzene rings is 1. The Morgan fingerprint density at radius 1 is 1.52 bits per heavy atom. The van der Waals surface area contributed by atoms with Gasteiger partial charge in [0.15, 0.2) is 0 Å². The smallest absolute Gasteiger partial charge is 0.322 e. The number of nitrogens with one attached hydrogen (secondary N) is 2. The predicted molar refractivity (Wildman–Crippen MR) is 99.5 cm³/mol. The number of carbonyl (C=O) groups is 1. The van der Waals surface area contributed by atoms with E-state index in [4.69, 9.17) is 0 Å². The quantitative estimate of drug-likeness (QED) is 0.504. The molecule has 9 heteroatoms. The molecule has 3 rings (SSSR count). The standard InChI is InChI=1S/C18H23N5O4/c1-2-4-15-17(23(26)27)16(21-20-15)18(25)19-13-6-3-5-12(9-13)10-22-8-7-14(24)11-22/h3,5-6,9,14,24H,2,4,7-8,10-11H2,1H3,(H,19,25)(H,20,21). The third-order valence-electron chi connectivity index (χ3n) is 4.55. The fraction of sp³-hybridized carbons (Fsp3) is 0.444. The molecule has 1 aromatic carbocycles. The maximum Gasteiger partial charge on any atom is 0.322 e. The summed E-state index contributed by atoms with van der Waals surface area (Å²) in [5, 5.41) is 30.1. The molecule has 2 aromatic rings. The first kappa shape index (κ1) is 19.0. The van der Waals surface area contributed by atoms with Gasteiger partial charge in [0, 0.05) is 25.3 Å². The topological polar surface area (TPSA) is 124 Å². The molecule has 27 heavy (non-hydrogen) atoms. The molecule has 1 amide bonds. The van der Waals surface area contributed by atoms with E-state index >= 15 is 0 Å². The maximum absolute atomic E-state index is 12.5. The number of anilines is 1. The lowest BCUT2D eigenvalue weighted by molar-refractivity contribution is -0.385. The second kappa shape index (κ2) is 8.28. The Hall–Kier alpha value is -2.78. The second-order valence-corrected chi connectivity index (χ2v) is 6.74. The monoisotopic (exact) mass is 373 g/mol. The van der Waals surface area contributed by atoms with Crippen molar-refractivity contribution >= 4 is 17.3 Å². The van der Waals surface area contributed by atoms with E-state index in [0.29, 0.717) is 37.3 Å². The number of likely N-dealkylation sites (tertiary alicyclic amines) is 1. The lowest BCUT2D eigenvalue weighted by atomic mass is 10.1. The number of hydrogen-bond donors (Lipinski definition) is 3. The van der Waals surface area contributed by atoms with Crippen LogP contribution in [0.25, 0.3) is 0 Å². The molecular formula is C18H23N5O4. The van der Waals surface area contributed by atoms with Crippen LogP contribution in [0.4, 0.5) is 11.4 Å². The minimum atomic E-state index is -0.617. The van der Waals surface area contributed by atoms with Crippen molar-refractivity contribution < 1.29 is 14.8 Å².